The van der Waals surface area contributed by atoms with Crippen LogP contribution in [-0.2, 0) is 0 Å². The smallest absolute Gasteiger partial charge is 0.255 e. The highest BCUT2D eigenvalue weighted by Crippen LogP contribution is 2.15. The van der Waals surface area contributed by atoms with Crippen LogP contribution < -0.4 is 10.6 Å². The predicted octanol–water partition coefficient (Wildman–Crippen LogP) is 2.18. The Hall–Kier alpha value is -1.65. The summed E-state index contributed by atoms with van der Waals surface area (Å²) in [7, 11) is 1.64. The van der Waals surface area contributed by atoms with Gasteiger partial charge in [-0.3, -0.25) is 4.79 Å². The third-order valence-corrected chi connectivity index (χ3v) is 2.67. The molecule has 1 heterocycles. The number of halogens is 1. The van der Waals surface area contributed by atoms with Crippen LogP contribution in [0.1, 0.15) is 37.6 Å². The summed E-state index contributed by atoms with van der Waals surface area (Å²) < 4.78 is 13.1. The number of amides is 1. The zero-order chi connectivity index (χ0) is 13.1. The largest absolute Gasteiger partial charge is 0.372 e. The fraction of sp³-hybridized carbons (Fsp3) is 0.500. The number of carbonyl (C=O) groups excluding carboxylic acids is 1. The van der Waals surface area contributed by atoms with Gasteiger partial charge in [0, 0.05) is 12.6 Å². The van der Waals surface area contributed by atoms with Crippen LogP contribution in [0, 0.1) is 5.82 Å². The molecule has 0 spiro atoms. The Kier molecular flexibility index (Phi) is 4.04. The molecule has 1 aromatic rings. The average Bonchev–Trinajstić information content (AvgIpc) is 2.28. The lowest BCUT2D eigenvalue weighted by molar-refractivity contribution is 0.0911. The molecule has 2 N–H and O–H groups in total. The van der Waals surface area contributed by atoms with E-state index in [4.69, 9.17) is 0 Å². The van der Waals surface area contributed by atoms with Crippen LogP contribution >= 0.6 is 0 Å². The third kappa shape index (κ3) is 3.41. The Morgan fingerprint density at radius 1 is 1.53 bits per heavy atom. The number of hydrogen-bond acceptors (Lipinski definition) is 3. The van der Waals surface area contributed by atoms with E-state index >= 15 is 0 Å². The van der Waals surface area contributed by atoms with Gasteiger partial charge >= 0.3 is 0 Å². The molecular weight excluding hydrogens is 221 g/mol. The second kappa shape index (κ2) is 5.12. The number of nitrogens with zero attached hydrogens (tertiary/aromatic N) is 1. The molecular formula is C12H18FN3O. The molecule has 17 heavy (non-hydrogen) atoms. The molecule has 1 aromatic heterocycles. The Morgan fingerprint density at radius 3 is 2.71 bits per heavy atom. The fourth-order valence-corrected chi connectivity index (χ4v) is 1.27. The van der Waals surface area contributed by atoms with E-state index in [1.807, 2.05) is 20.8 Å². The van der Waals surface area contributed by atoms with Gasteiger partial charge in [0.25, 0.3) is 5.91 Å². The van der Waals surface area contributed by atoms with Crippen LogP contribution in [0.3, 0.4) is 0 Å². The molecule has 0 radical (unpaired) electrons. The first-order chi connectivity index (χ1) is 7.89. The van der Waals surface area contributed by atoms with Gasteiger partial charge in [-0.15, -0.1) is 0 Å². The first-order valence-corrected chi connectivity index (χ1v) is 5.55. The van der Waals surface area contributed by atoms with Gasteiger partial charge in [-0.2, -0.15) is 0 Å². The number of nitrogens with one attached hydrogen (secondary N) is 2. The number of hydrogen-bond donors (Lipinski definition) is 2. The molecule has 0 fully saturated rings. The van der Waals surface area contributed by atoms with Crippen molar-refractivity contribution < 1.29 is 9.18 Å². The Labute approximate surface area is 101 Å². The molecule has 0 unspecified atom stereocenters. The SMILES string of the molecule is CCC(C)(C)NC(=O)c1cc(F)cnc1NC. The third-order valence-electron chi connectivity index (χ3n) is 2.67. The number of anilines is 1. The van der Waals surface area contributed by atoms with E-state index in [-0.39, 0.29) is 17.0 Å². The van der Waals surface area contributed by atoms with Crippen molar-refractivity contribution in [2.24, 2.45) is 0 Å². The maximum absolute atomic E-state index is 13.1. The summed E-state index contributed by atoms with van der Waals surface area (Å²) >= 11 is 0. The van der Waals surface area contributed by atoms with E-state index in [0.29, 0.717) is 5.82 Å². The van der Waals surface area contributed by atoms with Crippen LogP contribution in [0.5, 0.6) is 0 Å². The topological polar surface area (TPSA) is 54.0 Å². The maximum atomic E-state index is 13.1. The van der Waals surface area contributed by atoms with Gasteiger partial charge in [0.15, 0.2) is 0 Å². The highest BCUT2D eigenvalue weighted by molar-refractivity contribution is 5.99. The average molecular weight is 239 g/mol. The Morgan fingerprint density at radius 2 is 2.18 bits per heavy atom. The maximum Gasteiger partial charge on any atom is 0.255 e. The molecule has 1 rings (SSSR count). The second-order valence-electron chi connectivity index (χ2n) is 4.49. The highest BCUT2D eigenvalue weighted by atomic mass is 19.1. The van der Waals surface area contributed by atoms with Gasteiger partial charge in [-0.25, -0.2) is 9.37 Å². The van der Waals surface area contributed by atoms with Crippen molar-refractivity contribution in [3.05, 3.63) is 23.6 Å². The van der Waals surface area contributed by atoms with Crippen molar-refractivity contribution in [2.45, 2.75) is 32.7 Å². The zero-order valence-electron chi connectivity index (χ0n) is 10.6. The Balaban J connectivity index is 2.99. The summed E-state index contributed by atoms with van der Waals surface area (Å²) in [5.41, 5.74) is -0.108. The van der Waals surface area contributed by atoms with Crippen LogP contribution in [0.15, 0.2) is 12.3 Å². The van der Waals surface area contributed by atoms with Gasteiger partial charge in [0.05, 0.1) is 11.8 Å². The Bertz CT molecular complexity index is 418. The lowest BCUT2D eigenvalue weighted by Crippen LogP contribution is -2.43. The molecule has 5 heteroatoms. The van der Waals surface area contributed by atoms with Gasteiger partial charge in [0.1, 0.15) is 11.6 Å². The van der Waals surface area contributed by atoms with Crippen molar-refractivity contribution in [3.8, 4) is 0 Å². The predicted molar refractivity (Wildman–Crippen MR) is 65.6 cm³/mol. The molecule has 0 aliphatic rings. The van der Waals surface area contributed by atoms with E-state index in [9.17, 15) is 9.18 Å². The van der Waals surface area contributed by atoms with Crippen LogP contribution in [0.25, 0.3) is 0 Å². The quantitative estimate of drug-likeness (QED) is 0.846. The van der Waals surface area contributed by atoms with Crippen LogP contribution in [0.2, 0.25) is 0 Å². The van der Waals surface area contributed by atoms with Crippen molar-refractivity contribution >= 4 is 11.7 Å². The van der Waals surface area contributed by atoms with Crippen molar-refractivity contribution in [2.75, 3.05) is 12.4 Å². The van der Waals surface area contributed by atoms with Crippen molar-refractivity contribution in [1.82, 2.24) is 10.3 Å². The normalized spacial score (nSPS) is 11.1. The first-order valence-electron chi connectivity index (χ1n) is 5.55. The number of rotatable bonds is 4. The van der Waals surface area contributed by atoms with E-state index in [2.05, 4.69) is 15.6 Å². The summed E-state index contributed by atoms with van der Waals surface area (Å²) in [6, 6.07) is 1.18. The standard InChI is InChI=1S/C12H18FN3O/c1-5-12(2,3)16-11(17)9-6-8(13)7-15-10(9)14-4/h6-7H,5H2,1-4H3,(H,14,15)(H,16,17). The molecule has 0 saturated heterocycles. The van der Waals surface area contributed by atoms with Crippen molar-refractivity contribution in [3.63, 3.8) is 0 Å². The number of pyridine rings is 1. The van der Waals surface area contributed by atoms with E-state index < -0.39 is 5.82 Å². The van der Waals surface area contributed by atoms with Gasteiger partial charge in [0.2, 0.25) is 0 Å². The molecule has 0 bridgehead atoms. The van der Waals surface area contributed by atoms with Crippen LogP contribution in [0.4, 0.5) is 10.2 Å². The number of aromatic nitrogens is 1. The van der Waals surface area contributed by atoms with Crippen molar-refractivity contribution in [1.29, 1.82) is 0 Å². The lowest BCUT2D eigenvalue weighted by atomic mass is 10.0. The monoisotopic (exact) mass is 239 g/mol. The molecule has 1 amide bonds. The fourth-order valence-electron chi connectivity index (χ4n) is 1.27. The second-order valence-corrected chi connectivity index (χ2v) is 4.49. The summed E-state index contributed by atoms with van der Waals surface area (Å²) in [5, 5.41) is 5.61. The highest BCUT2D eigenvalue weighted by Gasteiger charge is 2.21. The number of carbonyl (C=O) groups is 1. The minimum Gasteiger partial charge on any atom is -0.372 e. The molecule has 0 aliphatic heterocycles. The molecule has 0 saturated carbocycles. The van der Waals surface area contributed by atoms with E-state index in [1.165, 1.54) is 6.07 Å². The van der Waals surface area contributed by atoms with Crippen LogP contribution in [-0.4, -0.2) is 23.5 Å². The first kappa shape index (κ1) is 13.4. The molecule has 0 atom stereocenters. The summed E-state index contributed by atoms with van der Waals surface area (Å²) in [6.45, 7) is 5.80. The van der Waals surface area contributed by atoms with Gasteiger partial charge in [-0.1, -0.05) is 6.92 Å². The molecule has 4 nitrogen and oxygen atoms in total. The minimum absolute atomic E-state index is 0.217. The summed E-state index contributed by atoms with van der Waals surface area (Å²) in [4.78, 5) is 15.8. The van der Waals surface area contributed by atoms with Gasteiger partial charge in [-0.05, 0) is 26.3 Å². The molecule has 0 aromatic carbocycles. The van der Waals surface area contributed by atoms with E-state index in [1.54, 1.807) is 7.05 Å². The minimum atomic E-state index is -0.525. The summed E-state index contributed by atoms with van der Waals surface area (Å²) in [6.07, 6.45) is 1.87. The molecule has 94 valence electrons. The zero-order valence-corrected chi connectivity index (χ0v) is 10.6. The lowest BCUT2D eigenvalue weighted by Gasteiger charge is -2.24. The van der Waals surface area contributed by atoms with Gasteiger partial charge < -0.3 is 10.6 Å². The van der Waals surface area contributed by atoms with E-state index in [0.717, 1.165) is 12.6 Å². The summed E-state index contributed by atoms with van der Waals surface area (Å²) in [5.74, 6) is -0.479. The molecule has 0 aliphatic carbocycles.